The van der Waals surface area contributed by atoms with Gasteiger partial charge in [-0.15, -0.1) is 0 Å². The van der Waals surface area contributed by atoms with Gasteiger partial charge in [0, 0.05) is 6.61 Å². The van der Waals surface area contributed by atoms with Gasteiger partial charge in [-0.05, 0) is 53.5 Å². The molecule has 0 aliphatic heterocycles. The van der Waals surface area contributed by atoms with Crippen LogP contribution >= 0.6 is 11.3 Å². The van der Waals surface area contributed by atoms with Crippen molar-refractivity contribution in [1.29, 1.82) is 0 Å². The number of hydrogen-bond donors (Lipinski definition) is 1. The largest absolute Gasteiger partial charge is 0.396 e. The molecular formula is C14H24OS. The average Bonchev–Trinajstić information content (AvgIpc) is 2.83. The Balaban J connectivity index is 2.49. The van der Waals surface area contributed by atoms with Gasteiger partial charge in [0.25, 0.3) is 0 Å². The van der Waals surface area contributed by atoms with Gasteiger partial charge in [0.1, 0.15) is 0 Å². The second kappa shape index (κ2) is 7.08. The maximum Gasteiger partial charge on any atom is 0.0487 e. The van der Waals surface area contributed by atoms with Crippen molar-refractivity contribution >= 4 is 11.3 Å². The zero-order chi connectivity index (χ0) is 11.9. The zero-order valence-corrected chi connectivity index (χ0v) is 11.4. The highest BCUT2D eigenvalue weighted by atomic mass is 32.1. The van der Waals surface area contributed by atoms with Crippen LogP contribution in [0.2, 0.25) is 0 Å². The van der Waals surface area contributed by atoms with Crippen molar-refractivity contribution in [2.24, 2.45) is 5.41 Å². The molecule has 1 aromatic heterocycles. The standard InChI is InChI=1S/C14H24OS/c1-3-5-8-14(4-2,12-15)9-6-13-7-10-16-11-13/h7,10-11,15H,3-6,8-9,12H2,1-2H3. The molecule has 1 aromatic rings. The lowest BCUT2D eigenvalue weighted by molar-refractivity contribution is 0.0979. The Morgan fingerprint density at radius 1 is 1.31 bits per heavy atom. The molecule has 0 aromatic carbocycles. The van der Waals surface area contributed by atoms with E-state index in [1.165, 1.54) is 24.8 Å². The van der Waals surface area contributed by atoms with Crippen LogP contribution in [-0.2, 0) is 6.42 Å². The summed E-state index contributed by atoms with van der Waals surface area (Å²) in [6.07, 6.45) is 6.95. The first-order valence-corrected chi connectivity index (χ1v) is 7.32. The van der Waals surface area contributed by atoms with Gasteiger partial charge in [-0.3, -0.25) is 0 Å². The average molecular weight is 240 g/mol. The summed E-state index contributed by atoms with van der Waals surface area (Å²) in [5.74, 6) is 0. The smallest absolute Gasteiger partial charge is 0.0487 e. The van der Waals surface area contributed by atoms with E-state index in [9.17, 15) is 5.11 Å². The molecule has 0 spiro atoms. The van der Waals surface area contributed by atoms with E-state index in [4.69, 9.17) is 0 Å². The second-order valence-electron chi connectivity index (χ2n) is 4.75. The molecule has 16 heavy (non-hydrogen) atoms. The number of aliphatic hydroxyl groups excluding tert-OH is 1. The van der Waals surface area contributed by atoms with E-state index in [1.807, 2.05) is 0 Å². The van der Waals surface area contributed by atoms with Gasteiger partial charge >= 0.3 is 0 Å². The zero-order valence-electron chi connectivity index (χ0n) is 10.5. The van der Waals surface area contributed by atoms with E-state index in [0.717, 1.165) is 19.3 Å². The summed E-state index contributed by atoms with van der Waals surface area (Å²) in [5.41, 5.74) is 1.59. The Labute approximate surface area is 104 Å². The second-order valence-corrected chi connectivity index (χ2v) is 5.53. The number of thiophene rings is 1. The lowest BCUT2D eigenvalue weighted by Gasteiger charge is -2.30. The van der Waals surface area contributed by atoms with Crippen molar-refractivity contribution in [1.82, 2.24) is 0 Å². The summed E-state index contributed by atoms with van der Waals surface area (Å²) >= 11 is 1.76. The van der Waals surface area contributed by atoms with Crippen LogP contribution in [-0.4, -0.2) is 11.7 Å². The molecular weight excluding hydrogens is 216 g/mol. The fraction of sp³-hybridized carbons (Fsp3) is 0.714. The molecule has 1 rings (SSSR count). The third-order valence-corrected chi connectivity index (χ3v) is 4.40. The molecule has 1 nitrogen and oxygen atoms in total. The molecule has 1 N–H and O–H groups in total. The van der Waals surface area contributed by atoms with Crippen molar-refractivity contribution in [2.75, 3.05) is 6.61 Å². The molecule has 0 amide bonds. The minimum atomic E-state index is 0.165. The van der Waals surface area contributed by atoms with Gasteiger partial charge in [-0.25, -0.2) is 0 Å². The van der Waals surface area contributed by atoms with E-state index >= 15 is 0 Å². The topological polar surface area (TPSA) is 20.2 Å². The van der Waals surface area contributed by atoms with Gasteiger partial charge < -0.3 is 5.11 Å². The maximum absolute atomic E-state index is 9.63. The summed E-state index contributed by atoms with van der Waals surface area (Å²) in [5, 5.41) is 14.0. The van der Waals surface area contributed by atoms with Crippen LogP contribution in [0.1, 0.15) is 51.5 Å². The number of rotatable bonds is 8. The molecule has 0 aliphatic carbocycles. The third-order valence-electron chi connectivity index (χ3n) is 3.67. The highest BCUT2D eigenvalue weighted by molar-refractivity contribution is 7.07. The lowest BCUT2D eigenvalue weighted by Crippen LogP contribution is -2.25. The summed E-state index contributed by atoms with van der Waals surface area (Å²) in [4.78, 5) is 0. The van der Waals surface area contributed by atoms with Gasteiger partial charge in [0.2, 0.25) is 0 Å². The van der Waals surface area contributed by atoms with Crippen LogP contribution in [0.15, 0.2) is 16.8 Å². The SMILES string of the molecule is CCCCC(CC)(CO)CCc1ccsc1. The van der Waals surface area contributed by atoms with Crippen molar-refractivity contribution in [3.63, 3.8) is 0 Å². The minimum absolute atomic E-state index is 0.165. The molecule has 0 bridgehead atoms. The van der Waals surface area contributed by atoms with E-state index in [2.05, 4.69) is 30.7 Å². The lowest BCUT2D eigenvalue weighted by atomic mass is 9.76. The first-order valence-electron chi connectivity index (χ1n) is 6.38. The van der Waals surface area contributed by atoms with Crippen LogP contribution < -0.4 is 0 Å². The molecule has 1 unspecified atom stereocenters. The van der Waals surface area contributed by atoms with E-state index in [0.29, 0.717) is 6.61 Å². The van der Waals surface area contributed by atoms with Gasteiger partial charge in [-0.2, -0.15) is 11.3 Å². The quantitative estimate of drug-likeness (QED) is 0.720. The van der Waals surface area contributed by atoms with Crippen molar-refractivity contribution in [3.05, 3.63) is 22.4 Å². The van der Waals surface area contributed by atoms with E-state index in [-0.39, 0.29) is 5.41 Å². The van der Waals surface area contributed by atoms with Crippen molar-refractivity contribution < 1.29 is 5.11 Å². The Bertz CT molecular complexity index is 262. The monoisotopic (exact) mass is 240 g/mol. The fourth-order valence-corrected chi connectivity index (χ4v) is 2.85. The van der Waals surface area contributed by atoms with Gasteiger partial charge in [0.05, 0.1) is 0 Å². The number of aryl methyl sites for hydroxylation is 1. The van der Waals surface area contributed by atoms with E-state index < -0.39 is 0 Å². The third kappa shape index (κ3) is 3.91. The predicted octanol–water partition coefficient (Wildman–Crippen LogP) is 4.26. The molecule has 1 heterocycles. The highest BCUT2D eigenvalue weighted by Crippen LogP contribution is 2.33. The van der Waals surface area contributed by atoms with Gasteiger partial charge in [0.15, 0.2) is 0 Å². The molecule has 0 saturated carbocycles. The Kier molecular flexibility index (Phi) is 6.07. The normalized spacial score (nSPS) is 14.9. The predicted molar refractivity (Wildman–Crippen MR) is 72.0 cm³/mol. The fourth-order valence-electron chi connectivity index (χ4n) is 2.14. The van der Waals surface area contributed by atoms with Gasteiger partial charge in [-0.1, -0.05) is 26.7 Å². The summed E-state index contributed by atoms with van der Waals surface area (Å²) in [6, 6.07) is 2.20. The summed E-state index contributed by atoms with van der Waals surface area (Å²) in [6.45, 7) is 4.77. The summed E-state index contributed by atoms with van der Waals surface area (Å²) < 4.78 is 0. The van der Waals surface area contributed by atoms with Crippen LogP contribution in [0.25, 0.3) is 0 Å². The molecule has 1 atom stereocenters. The number of aliphatic hydroxyl groups is 1. The van der Waals surface area contributed by atoms with Crippen LogP contribution in [0.3, 0.4) is 0 Å². The molecule has 0 saturated heterocycles. The van der Waals surface area contributed by atoms with Crippen molar-refractivity contribution in [2.45, 2.75) is 52.4 Å². The van der Waals surface area contributed by atoms with Crippen LogP contribution in [0.4, 0.5) is 0 Å². The minimum Gasteiger partial charge on any atom is -0.396 e. The number of hydrogen-bond acceptors (Lipinski definition) is 2. The first kappa shape index (κ1) is 13.7. The van der Waals surface area contributed by atoms with Crippen LogP contribution in [0.5, 0.6) is 0 Å². The Morgan fingerprint density at radius 3 is 2.62 bits per heavy atom. The maximum atomic E-state index is 9.63. The van der Waals surface area contributed by atoms with Crippen molar-refractivity contribution in [3.8, 4) is 0 Å². The Morgan fingerprint density at radius 2 is 2.12 bits per heavy atom. The molecule has 0 aliphatic rings. The van der Waals surface area contributed by atoms with E-state index in [1.54, 1.807) is 11.3 Å². The molecule has 2 heteroatoms. The highest BCUT2D eigenvalue weighted by Gasteiger charge is 2.26. The molecule has 92 valence electrons. The molecule has 0 radical (unpaired) electrons. The number of unbranched alkanes of at least 4 members (excludes halogenated alkanes) is 1. The van der Waals surface area contributed by atoms with Crippen LogP contribution in [0, 0.1) is 5.41 Å². The Hall–Kier alpha value is -0.340. The first-order chi connectivity index (χ1) is 7.76. The molecule has 0 fully saturated rings. The summed E-state index contributed by atoms with van der Waals surface area (Å²) in [7, 11) is 0.